The summed E-state index contributed by atoms with van der Waals surface area (Å²) in [7, 11) is 3.16. The lowest BCUT2D eigenvalue weighted by Gasteiger charge is -2.12. The van der Waals surface area contributed by atoms with Crippen molar-refractivity contribution in [1.82, 2.24) is 0 Å². The largest absolute Gasteiger partial charge is 0.496 e. The van der Waals surface area contributed by atoms with Crippen molar-refractivity contribution in [2.75, 3.05) is 14.2 Å². The van der Waals surface area contributed by atoms with Crippen LogP contribution in [-0.4, -0.2) is 20.5 Å². The molecule has 0 unspecified atom stereocenters. The van der Waals surface area contributed by atoms with Crippen LogP contribution in [0.25, 0.3) is 0 Å². The van der Waals surface area contributed by atoms with Gasteiger partial charge in [0.2, 0.25) is 0 Å². The number of hydrogen-bond acceptors (Lipinski definition) is 4. The van der Waals surface area contributed by atoms with Gasteiger partial charge < -0.3 is 14.2 Å². The first-order valence-corrected chi connectivity index (χ1v) is 7.05. The van der Waals surface area contributed by atoms with Gasteiger partial charge in [-0.1, -0.05) is 6.07 Å². The van der Waals surface area contributed by atoms with Crippen LogP contribution < -0.4 is 14.2 Å². The van der Waals surface area contributed by atoms with Crippen molar-refractivity contribution in [3.8, 4) is 17.2 Å². The first kappa shape index (κ1) is 15.4. The Hall–Kier alpha value is -2.01. The molecule has 0 spiro atoms. The molecule has 0 atom stereocenters. The smallest absolute Gasteiger partial charge is 0.161 e. The lowest BCUT2D eigenvalue weighted by Crippen LogP contribution is -1.99. The summed E-state index contributed by atoms with van der Waals surface area (Å²) in [6.07, 6.45) is 0.771. The topological polar surface area (TPSA) is 44.8 Å². The van der Waals surface area contributed by atoms with Gasteiger partial charge in [0.05, 0.1) is 18.7 Å². The van der Waals surface area contributed by atoms with Gasteiger partial charge in [-0.25, -0.2) is 0 Å². The second-order valence-electron chi connectivity index (χ2n) is 4.29. The van der Waals surface area contributed by atoms with Crippen molar-refractivity contribution >= 4 is 22.2 Å². The third kappa shape index (κ3) is 3.76. The van der Waals surface area contributed by atoms with Crippen LogP contribution in [0.4, 0.5) is 0 Å². The first-order valence-electron chi connectivity index (χ1n) is 6.26. The molecule has 0 aliphatic rings. The monoisotopic (exact) mass is 350 g/mol. The SMILES string of the molecule is COc1ccc(COc2ccc(C=O)cc2OC)cc1Br. The molecule has 0 amide bonds. The maximum Gasteiger partial charge on any atom is 0.161 e. The fourth-order valence-electron chi connectivity index (χ4n) is 1.84. The molecule has 0 aromatic heterocycles. The van der Waals surface area contributed by atoms with Crippen LogP contribution in [0.2, 0.25) is 0 Å². The molecule has 110 valence electrons. The van der Waals surface area contributed by atoms with Gasteiger partial charge >= 0.3 is 0 Å². The zero-order valence-electron chi connectivity index (χ0n) is 11.8. The summed E-state index contributed by atoms with van der Waals surface area (Å²) >= 11 is 3.44. The molecule has 0 aliphatic heterocycles. The lowest BCUT2D eigenvalue weighted by atomic mass is 10.2. The zero-order valence-corrected chi connectivity index (χ0v) is 13.3. The van der Waals surface area contributed by atoms with E-state index in [1.54, 1.807) is 32.4 Å². The van der Waals surface area contributed by atoms with Gasteiger partial charge in [-0.15, -0.1) is 0 Å². The summed E-state index contributed by atoms with van der Waals surface area (Å²) < 4.78 is 17.0. The Morgan fingerprint density at radius 3 is 2.33 bits per heavy atom. The fraction of sp³-hybridized carbons (Fsp3) is 0.188. The van der Waals surface area contributed by atoms with E-state index < -0.39 is 0 Å². The number of carbonyl (C=O) groups excluding carboxylic acids is 1. The van der Waals surface area contributed by atoms with Gasteiger partial charge in [0.1, 0.15) is 18.6 Å². The highest BCUT2D eigenvalue weighted by Gasteiger charge is 2.07. The van der Waals surface area contributed by atoms with E-state index >= 15 is 0 Å². The molecule has 0 saturated carbocycles. The average molecular weight is 351 g/mol. The first-order chi connectivity index (χ1) is 10.2. The molecule has 0 fully saturated rings. The average Bonchev–Trinajstić information content (AvgIpc) is 2.52. The van der Waals surface area contributed by atoms with Gasteiger partial charge in [0, 0.05) is 5.56 Å². The molecular formula is C16H15BrO4. The summed E-state index contributed by atoms with van der Waals surface area (Å²) in [6.45, 7) is 0.388. The fourth-order valence-corrected chi connectivity index (χ4v) is 2.43. The van der Waals surface area contributed by atoms with Crippen molar-refractivity contribution in [2.24, 2.45) is 0 Å². The van der Waals surface area contributed by atoms with Crippen LogP contribution in [0.15, 0.2) is 40.9 Å². The molecule has 0 saturated heterocycles. The van der Waals surface area contributed by atoms with Crippen molar-refractivity contribution < 1.29 is 19.0 Å². The van der Waals surface area contributed by atoms with E-state index in [4.69, 9.17) is 14.2 Å². The number of carbonyl (C=O) groups is 1. The van der Waals surface area contributed by atoms with E-state index in [9.17, 15) is 4.79 Å². The van der Waals surface area contributed by atoms with Crippen LogP contribution >= 0.6 is 15.9 Å². The normalized spacial score (nSPS) is 10.0. The molecule has 2 aromatic rings. The van der Waals surface area contributed by atoms with Crippen LogP contribution in [-0.2, 0) is 6.61 Å². The van der Waals surface area contributed by atoms with Gasteiger partial charge in [-0.3, -0.25) is 4.79 Å². The quantitative estimate of drug-likeness (QED) is 0.742. The Morgan fingerprint density at radius 2 is 1.71 bits per heavy atom. The molecule has 4 nitrogen and oxygen atoms in total. The maximum absolute atomic E-state index is 10.7. The summed E-state index contributed by atoms with van der Waals surface area (Å²) in [5.74, 6) is 1.90. The minimum atomic E-state index is 0.388. The predicted molar refractivity (Wildman–Crippen MR) is 83.4 cm³/mol. The van der Waals surface area contributed by atoms with Crippen molar-refractivity contribution in [1.29, 1.82) is 0 Å². The van der Waals surface area contributed by atoms with Crippen LogP contribution in [0.5, 0.6) is 17.2 Å². The number of methoxy groups -OCH3 is 2. The number of hydrogen-bond donors (Lipinski definition) is 0. The summed E-state index contributed by atoms with van der Waals surface area (Å²) in [4.78, 5) is 10.7. The lowest BCUT2D eigenvalue weighted by molar-refractivity contribution is 0.112. The van der Waals surface area contributed by atoms with Gasteiger partial charge in [0.25, 0.3) is 0 Å². The third-order valence-corrected chi connectivity index (χ3v) is 3.55. The Kier molecular flexibility index (Phi) is 5.22. The molecule has 5 heteroatoms. The molecule has 21 heavy (non-hydrogen) atoms. The Balaban J connectivity index is 2.12. The minimum Gasteiger partial charge on any atom is -0.496 e. The van der Waals surface area contributed by atoms with Crippen molar-refractivity contribution in [3.05, 3.63) is 52.0 Å². The predicted octanol–water partition coefficient (Wildman–Crippen LogP) is 3.86. The van der Waals surface area contributed by atoms with Crippen LogP contribution in [0.3, 0.4) is 0 Å². The summed E-state index contributed by atoms with van der Waals surface area (Å²) in [5, 5.41) is 0. The molecule has 0 radical (unpaired) electrons. The summed E-state index contributed by atoms with van der Waals surface area (Å²) in [6, 6.07) is 10.8. The molecule has 2 rings (SSSR count). The van der Waals surface area contributed by atoms with Crippen LogP contribution in [0.1, 0.15) is 15.9 Å². The number of ether oxygens (including phenoxy) is 3. The minimum absolute atomic E-state index is 0.388. The van der Waals surface area contributed by atoms with E-state index in [0.29, 0.717) is 23.7 Å². The standard InChI is InChI=1S/C16H15BrO4/c1-19-14-5-4-12(7-13(14)17)10-21-15-6-3-11(9-18)8-16(15)20-2/h3-9H,10H2,1-2H3. The molecule has 0 aliphatic carbocycles. The van der Waals surface area contributed by atoms with Crippen LogP contribution in [0, 0.1) is 0 Å². The second-order valence-corrected chi connectivity index (χ2v) is 5.14. The van der Waals surface area contributed by atoms with Crippen molar-refractivity contribution in [3.63, 3.8) is 0 Å². The van der Waals surface area contributed by atoms with Gasteiger partial charge in [-0.2, -0.15) is 0 Å². The second kappa shape index (κ2) is 7.13. The van der Waals surface area contributed by atoms with Gasteiger partial charge in [0.15, 0.2) is 11.5 Å². The molecule has 0 heterocycles. The maximum atomic E-state index is 10.7. The molecule has 0 bridgehead atoms. The van der Waals surface area contributed by atoms with E-state index in [1.807, 2.05) is 18.2 Å². The molecule has 0 N–H and O–H groups in total. The number of halogens is 1. The molecular weight excluding hydrogens is 336 g/mol. The Bertz CT molecular complexity index is 640. The number of rotatable bonds is 6. The summed E-state index contributed by atoms with van der Waals surface area (Å²) in [5.41, 5.74) is 1.54. The van der Waals surface area contributed by atoms with E-state index in [0.717, 1.165) is 22.1 Å². The van der Waals surface area contributed by atoms with E-state index in [-0.39, 0.29) is 0 Å². The Morgan fingerprint density at radius 1 is 1.00 bits per heavy atom. The van der Waals surface area contributed by atoms with E-state index in [1.165, 1.54) is 0 Å². The van der Waals surface area contributed by atoms with E-state index in [2.05, 4.69) is 15.9 Å². The Labute approximate surface area is 131 Å². The highest BCUT2D eigenvalue weighted by molar-refractivity contribution is 9.10. The zero-order chi connectivity index (χ0) is 15.2. The van der Waals surface area contributed by atoms with Crippen molar-refractivity contribution in [2.45, 2.75) is 6.61 Å². The number of benzene rings is 2. The third-order valence-electron chi connectivity index (χ3n) is 2.93. The number of aldehydes is 1. The molecule has 2 aromatic carbocycles. The van der Waals surface area contributed by atoms with Gasteiger partial charge in [-0.05, 0) is 51.8 Å². The highest BCUT2D eigenvalue weighted by Crippen LogP contribution is 2.30. The highest BCUT2D eigenvalue weighted by atomic mass is 79.9.